The van der Waals surface area contributed by atoms with Gasteiger partial charge in [-0.05, 0) is 60.0 Å². The fourth-order valence-corrected chi connectivity index (χ4v) is 4.72. The number of nitrogens with zero attached hydrogens (tertiary/aromatic N) is 3. The Kier molecular flexibility index (Phi) is 11.0. The van der Waals surface area contributed by atoms with Crippen molar-refractivity contribution in [2.24, 2.45) is 0 Å². The summed E-state index contributed by atoms with van der Waals surface area (Å²) in [6, 6.07) is 28.2. The first-order valence-corrected chi connectivity index (χ1v) is 15.0. The molecule has 0 spiro atoms. The molecule has 0 saturated heterocycles. The van der Waals surface area contributed by atoms with Crippen LogP contribution in [0.2, 0.25) is 0 Å². The highest BCUT2D eigenvalue weighted by Crippen LogP contribution is 2.34. The monoisotopic (exact) mass is 637 g/mol. The van der Waals surface area contributed by atoms with Crippen LogP contribution in [0.25, 0.3) is 11.4 Å². The molecule has 1 N–H and O–H groups in total. The molecule has 4 aromatic carbocycles. The molecule has 47 heavy (non-hydrogen) atoms. The van der Waals surface area contributed by atoms with Gasteiger partial charge in [0.2, 0.25) is 5.75 Å². The number of aliphatic hydroxyl groups is 1. The highest BCUT2D eigenvalue weighted by molar-refractivity contribution is 5.96. The van der Waals surface area contributed by atoms with E-state index >= 15 is 0 Å². The first-order chi connectivity index (χ1) is 22.9. The minimum atomic E-state index is -0.516. The average Bonchev–Trinajstić information content (AvgIpc) is 3.11. The van der Waals surface area contributed by atoms with Crippen LogP contribution in [0.1, 0.15) is 32.7 Å². The van der Waals surface area contributed by atoms with Gasteiger partial charge in [0.05, 0.1) is 20.8 Å². The minimum absolute atomic E-state index is 0.0000360. The van der Waals surface area contributed by atoms with Crippen LogP contribution in [0.4, 0.5) is 4.39 Å². The maximum absolute atomic E-state index is 14.3. The molecule has 0 aliphatic carbocycles. The van der Waals surface area contributed by atoms with Crippen LogP contribution in [0.3, 0.4) is 0 Å². The lowest BCUT2D eigenvalue weighted by atomic mass is 10.1. The highest BCUT2D eigenvalue weighted by Gasteiger charge is 2.28. The Labute approximate surface area is 273 Å². The SMILES string of the molecule is COc1ccc(COc2nc(-c3ccc(C)cc3)nc(C(=O)N(CCO)Cc3ccc(F)cc3)c2OCc2ccc(OC)cc2)cc1. The zero-order chi connectivity index (χ0) is 33.2. The van der Waals surface area contributed by atoms with Gasteiger partial charge in [-0.2, -0.15) is 4.98 Å². The normalized spacial score (nSPS) is 10.7. The van der Waals surface area contributed by atoms with Crippen LogP contribution in [-0.4, -0.2) is 53.3 Å². The van der Waals surface area contributed by atoms with Crippen molar-refractivity contribution in [1.82, 2.24) is 14.9 Å². The molecule has 0 atom stereocenters. The zero-order valence-corrected chi connectivity index (χ0v) is 26.5. The first kappa shape index (κ1) is 32.9. The highest BCUT2D eigenvalue weighted by atomic mass is 19.1. The number of rotatable bonds is 14. The van der Waals surface area contributed by atoms with Gasteiger partial charge in [0, 0.05) is 18.7 Å². The molecular formula is C37H36FN3O6. The van der Waals surface area contributed by atoms with E-state index in [1.807, 2.05) is 79.7 Å². The Morgan fingerprint density at radius 3 is 1.85 bits per heavy atom. The van der Waals surface area contributed by atoms with Gasteiger partial charge in [0.25, 0.3) is 11.8 Å². The van der Waals surface area contributed by atoms with Crippen LogP contribution < -0.4 is 18.9 Å². The molecule has 0 fully saturated rings. The fourth-order valence-electron chi connectivity index (χ4n) is 4.72. The van der Waals surface area contributed by atoms with Gasteiger partial charge in [-0.3, -0.25) is 4.79 Å². The number of hydrogen-bond acceptors (Lipinski definition) is 8. The Hall–Kier alpha value is -5.48. The van der Waals surface area contributed by atoms with E-state index in [0.717, 1.165) is 16.7 Å². The van der Waals surface area contributed by atoms with E-state index in [2.05, 4.69) is 0 Å². The lowest BCUT2D eigenvalue weighted by Crippen LogP contribution is -2.34. The van der Waals surface area contributed by atoms with Gasteiger partial charge < -0.3 is 29.0 Å². The summed E-state index contributed by atoms with van der Waals surface area (Å²) in [4.78, 5) is 25.2. The third-order valence-electron chi connectivity index (χ3n) is 7.37. The number of methoxy groups -OCH3 is 2. The molecule has 10 heteroatoms. The Morgan fingerprint density at radius 2 is 1.30 bits per heavy atom. The van der Waals surface area contributed by atoms with Gasteiger partial charge in [0.15, 0.2) is 11.5 Å². The van der Waals surface area contributed by atoms with Crippen molar-refractivity contribution in [2.45, 2.75) is 26.7 Å². The maximum atomic E-state index is 14.3. The summed E-state index contributed by atoms with van der Waals surface area (Å²) in [5, 5.41) is 9.92. The average molecular weight is 638 g/mol. The summed E-state index contributed by atoms with van der Waals surface area (Å²) >= 11 is 0. The van der Waals surface area contributed by atoms with Crippen LogP contribution in [-0.2, 0) is 19.8 Å². The second-order valence-electron chi connectivity index (χ2n) is 10.7. The van der Waals surface area contributed by atoms with Gasteiger partial charge >= 0.3 is 0 Å². The van der Waals surface area contributed by atoms with Crippen molar-refractivity contribution in [2.75, 3.05) is 27.4 Å². The largest absolute Gasteiger partial charge is 0.497 e. The summed E-state index contributed by atoms with van der Waals surface area (Å²) in [5.74, 6) is 0.892. The van der Waals surface area contributed by atoms with Crippen molar-refractivity contribution in [3.8, 4) is 34.5 Å². The molecule has 0 bridgehead atoms. The van der Waals surface area contributed by atoms with E-state index < -0.39 is 5.91 Å². The lowest BCUT2D eigenvalue weighted by molar-refractivity contribution is 0.0694. The Balaban J connectivity index is 1.58. The number of aliphatic hydroxyl groups excluding tert-OH is 1. The number of aromatic nitrogens is 2. The summed E-state index contributed by atoms with van der Waals surface area (Å²) in [7, 11) is 3.19. The summed E-state index contributed by atoms with van der Waals surface area (Å²) < 4.78 is 36.8. The molecule has 1 amide bonds. The van der Waals surface area contributed by atoms with Crippen LogP contribution in [0, 0.1) is 12.7 Å². The Morgan fingerprint density at radius 1 is 0.745 bits per heavy atom. The molecular weight excluding hydrogens is 601 g/mol. The minimum Gasteiger partial charge on any atom is -0.497 e. The second kappa shape index (κ2) is 15.7. The molecule has 242 valence electrons. The van der Waals surface area contributed by atoms with Crippen molar-refractivity contribution in [1.29, 1.82) is 0 Å². The smallest absolute Gasteiger partial charge is 0.277 e. The molecule has 0 aliphatic heterocycles. The Bertz CT molecular complexity index is 1760. The van der Waals surface area contributed by atoms with Crippen molar-refractivity contribution in [3.05, 3.63) is 131 Å². The molecule has 0 saturated carbocycles. The molecule has 0 unspecified atom stereocenters. The topological polar surface area (TPSA) is 103 Å². The number of carbonyl (C=O) groups excluding carboxylic acids is 1. The van der Waals surface area contributed by atoms with Gasteiger partial charge in [-0.15, -0.1) is 0 Å². The van der Waals surface area contributed by atoms with E-state index in [0.29, 0.717) is 22.6 Å². The number of carbonyl (C=O) groups is 1. The maximum Gasteiger partial charge on any atom is 0.277 e. The van der Waals surface area contributed by atoms with Crippen molar-refractivity contribution >= 4 is 5.91 Å². The predicted octanol–water partition coefficient (Wildman–Crippen LogP) is 6.40. The van der Waals surface area contributed by atoms with E-state index in [9.17, 15) is 14.3 Å². The van der Waals surface area contributed by atoms with Gasteiger partial charge in [-0.1, -0.05) is 66.2 Å². The zero-order valence-electron chi connectivity index (χ0n) is 26.5. The van der Waals surface area contributed by atoms with E-state index in [4.69, 9.17) is 28.9 Å². The molecule has 5 rings (SSSR count). The molecule has 0 radical (unpaired) electrons. The molecule has 5 aromatic rings. The third kappa shape index (κ3) is 8.62. The lowest BCUT2D eigenvalue weighted by Gasteiger charge is -2.24. The van der Waals surface area contributed by atoms with Crippen LogP contribution in [0.5, 0.6) is 23.1 Å². The molecule has 0 aliphatic rings. The van der Waals surface area contributed by atoms with E-state index in [-0.39, 0.29) is 61.9 Å². The van der Waals surface area contributed by atoms with E-state index in [1.54, 1.807) is 26.4 Å². The number of benzene rings is 4. The van der Waals surface area contributed by atoms with Gasteiger partial charge in [0.1, 0.15) is 30.5 Å². The quantitative estimate of drug-likeness (QED) is 0.149. The number of halogens is 1. The third-order valence-corrected chi connectivity index (χ3v) is 7.37. The number of ether oxygens (including phenoxy) is 4. The molecule has 1 heterocycles. The fraction of sp³-hybridized carbons (Fsp3) is 0.216. The summed E-state index contributed by atoms with van der Waals surface area (Å²) in [6.07, 6.45) is 0. The van der Waals surface area contributed by atoms with Crippen molar-refractivity contribution < 1.29 is 33.2 Å². The standard InChI is InChI=1S/C37H36FN3O6/c1-25-4-12-29(13-5-25)35-39-33(37(43)41(20-21-42)22-26-6-14-30(38)15-7-26)34(46-23-27-8-16-31(44-2)17-9-27)36(40-35)47-24-28-10-18-32(45-3)19-11-28/h4-19,42H,20-24H2,1-3H3. The number of amides is 1. The van der Waals surface area contributed by atoms with Crippen molar-refractivity contribution in [3.63, 3.8) is 0 Å². The number of hydrogen-bond donors (Lipinski definition) is 1. The molecule has 9 nitrogen and oxygen atoms in total. The van der Waals surface area contributed by atoms with E-state index in [1.165, 1.54) is 17.0 Å². The second-order valence-corrected chi connectivity index (χ2v) is 10.7. The van der Waals surface area contributed by atoms with Gasteiger partial charge in [-0.25, -0.2) is 9.37 Å². The first-order valence-electron chi connectivity index (χ1n) is 15.0. The predicted molar refractivity (Wildman–Crippen MR) is 175 cm³/mol. The number of aryl methyl sites for hydroxylation is 1. The van der Waals surface area contributed by atoms with Crippen LogP contribution >= 0.6 is 0 Å². The molecule has 1 aromatic heterocycles. The summed E-state index contributed by atoms with van der Waals surface area (Å²) in [5.41, 5.74) is 4.02. The summed E-state index contributed by atoms with van der Waals surface area (Å²) in [6.45, 7) is 1.97. The van der Waals surface area contributed by atoms with Crippen LogP contribution in [0.15, 0.2) is 97.1 Å².